The van der Waals surface area contributed by atoms with Gasteiger partial charge < -0.3 is 14.8 Å². The van der Waals surface area contributed by atoms with Crippen LogP contribution in [-0.4, -0.2) is 24.8 Å². The number of hydrogen-bond acceptors (Lipinski definition) is 5. The normalized spacial score (nSPS) is 13.2. The monoisotopic (exact) mass is 462 g/mol. The first-order valence-corrected chi connectivity index (χ1v) is 12.3. The van der Waals surface area contributed by atoms with Crippen LogP contribution < -0.4 is 14.8 Å². The van der Waals surface area contributed by atoms with E-state index in [9.17, 15) is 4.79 Å². The van der Waals surface area contributed by atoms with Crippen molar-refractivity contribution in [3.8, 4) is 11.5 Å². The van der Waals surface area contributed by atoms with Gasteiger partial charge in [-0.3, -0.25) is 4.79 Å². The zero-order valence-corrected chi connectivity index (χ0v) is 20.2. The molecule has 0 saturated carbocycles. The zero-order chi connectivity index (χ0) is 23.2. The predicted octanol–water partition coefficient (Wildman–Crippen LogP) is 6.82. The molecule has 0 atom stereocenters. The molecule has 0 unspecified atom stereocenters. The number of thiophene rings is 1. The Hall–Kier alpha value is -3.12. The van der Waals surface area contributed by atoms with Gasteiger partial charge in [0.25, 0.3) is 5.91 Å². The van der Waals surface area contributed by atoms with E-state index in [0.717, 1.165) is 53.2 Å². The largest absolute Gasteiger partial charge is 0.490 e. The molecule has 1 aliphatic rings. The number of anilines is 1. The van der Waals surface area contributed by atoms with Crippen LogP contribution in [-0.2, 0) is 12.8 Å². The van der Waals surface area contributed by atoms with Gasteiger partial charge in [0.05, 0.1) is 18.3 Å². The molecule has 1 aromatic heterocycles. The number of ether oxygens (including phenoxy) is 2. The molecule has 1 heterocycles. The van der Waals surface area contributed by atoms with Crippen molar-refractivity contribution < 1.29 is 14.3 Å². The summed E-state index contributed by atoms with van der Waals surface area (Å²) in [6.45, 7) is 6.49. The summed E-state index contributed by atoms with van der Waals surface area (Å²) >= 11 is 1.63. The Morgan fingerprint density at radius 2 is 1.91 bits per heavy atom. The Labute approximate surface area is 199 Å². The smallest absolute Gasteiger partial charge is 0.259 e. The van der Waals surface area contributed by atoms with Crippen LogP contribution >= 0.6 is 11.3 Å². The molecule has 0 bridgehead atoms. The Kier molecular flexibility index (Phi) is 7.45. The molecule has 0 fully saturated rings. The molecule has 33 heavy (non-hydrogen) atoms. The lowest BCUT2D eigenvalue weighted by Gasteiger charge is -2.14. The van der Waals surface area contributed by atoms with Crippen molar-refractivity contribution in [2.24, 2.45) is 4.99 Å². The van der Waals surface area contributed by atoms with Gasteiger partial charge in [-0.25, -0.2) is 4.99 Å². The summed E-state index contributed by atoms with van der Waals surface area (Å²) in [4.78, 5) is 19.3. The first-order chi connectivity index (χ1) is 16.0. The lowest BCUT2D eigenvalue weighted by Crippen LogP contribution is -2.14. The summed E-state index contributed by atoms with van der Waals surface area (Å²) in [5.41, 5.74) is 3.55. The van der Waals surface area contributed by atoms with Crippen LogP contribution in [0.25, 0.3) is 0 Å². The van der Waals surface area contributed by atoms with Gasteiger partial charge in [0.15, 0.2) is 11.5 Å². The Morgan fingerprint density at radius 3 is 2.67 bits per heavy atom. The maximum Gasteiger partial charge on any atom is 0.259 e. The molecule has 0 spiro atoms. The molecule has 3 aromatic rings. The van der Waals surface area contributed by atoms with Crippen molar-refractivity contribution in [3.63, 3.8) is 0 Å². The highest BCUT2D eigenvalue weighted by Gasteiger charge is 2.25. The number of rotatable bonds is 8. The molecule has 1 amide bonds. The molecule has 1 N–H and O–H groups in total. The number of amides is 1. The average molecular weight is 463 g/mol. The van der Waals surface area contributed by atoms with E-state index in [2.05, 4.69) is 5.32 Å². The molecule has 0 radical (unpaired) electrons. The Morgan fingerprint density at radius 1 is 1.12 bits per heavy atom. The van der Waals surface area contributed by atoms with E-state index >= 15 is 0 Å². The number of carbonyl (C=O) groups excluding carboxylic acids is 1. The van der Waals surface area contributed by atoms with Crippen molar-refractivity contribution in [2.75, 3.05) is 11.9 Å². The fraction of sp³-hybridized carbons (Fsp3) is 0.333. The molecular weight excluding hydrogens is 432 g/mol. The molecular formula is C27H30N2O3S. The van der Waals surface area contributed by atoms with Crippen LogP contribution in [0.4, 0.5) is 10.7 Å². The van der Waals surface area contributed by atoms with Gasteiger partial charge in [-0.05, 0) is 87.9 Å². The van der Waals surface area contributed by atoms with E-state index in [4.69, 9.17) is 14.5 Å². The number of aliphatic imine (C=N–C) groups is 1. The second kappa shape index (κ2) is 10.7. The topological polar surface area (TPSA) is 59.9 Å². The van der Waals surface area contributed by atoms with E-state index < -0.39 is 0 Å². The van der Waals surface area contributed by atoms with Gasteiger partial charge >= 0.3 is 0 Å². The molecule has 0 aliphatic heterocycles. The number of fused-ring (bicyclic) bond motifs is 1. The Bertz CT molecular complexity index is 1140. The van der Waals surface area contributed by atoms with E-state index in [0.29, 0.717) is 17.9 Å². The second-order valence-electron chi connectivity index (χ2n) is 8.28. The van der Waals surface area contributed by atoms with Crippen LogP contribution in [0.15, 0.2) is 53.5 Å². The standard InChI is InChI=1S/C27H30N2O3S/c1-4-31-23-16-19(14-15-22(23)32-18(2)3)17-28-27-25(21-12-8-9-13-24(21)33-27)26(30)29-20-10-6-5-7-11-20/h5-7,10-11,14-18H,4,8-9,12-13H2,1-3H3,(H,29,30). The highest BCUT2D eigenvalue weighted by molar-refractivity contribution is 7.16. The number of carbonyl (C=O) groups is 1. The van der Waals surface area contributed by atoms with Crippen LogP contribution in [0.1, 0.15) is 60.0 Å². The molecule has 172 valence electrons. The lowest BCUT2D eigenvalue weighted by atomic mass is 9.95. The van der Waals surface area contributed by atoms with E-state index in [-0.39, 0.29) is 12.0 Å². The summed E-state index contributed by atoms with van der Waals surface area (Å²) in [7, 11) is 0. The minimum atomic E-state index is -0.0940. The fourth-order valence-corrected chi connectivity index (χ4v) is 5.18. The van der Waals surface area contributed by atoms with Gasteiger partial charge in [-0.2, -0.15) is 0 Å². The maximum absolute atomic E-state index is 13.3. The van der Waals surface area contributed by atoms with Crippen LogP contribution in [0.3, 0.4) is 0 Å². The van der Waals surface area contributed by atoms with Crippen LogP contribution in [0, 0.1) is 0 Å². The van der Waals surface area contributed by atoms with Crippen molar-refractivity contribution in [1.29, 1.82) is 0 Å². The van der Waals surface area contributed by atoms with Gasteiger partial charge in [0.1, 0.15) is 5.00 Å². The van der Waals surface area contributed by atoms with Gasteiger partial charge in [-0.1, -0.05) is 18.2 Å². The molecule has 6 heteroatoms. The number of nitrogens with zero attached hydrogens (tertiary/aromatic N) is 1. The quantitative estimate of drug-likeness (QED) is 0.374. The fourth-order valence-electron chi connectivity index (χ4n) is 3.95. The molecule has 1 aliphatic carbocycles. The summed E-state index contributed by atoms with van der Waals surface area (Å²) in [5.74, 6) is 1.32. The second-order valence-corrected chi connectivity index (χ2v) is 9.36. The summed E-state index contributed by atoms with van der Waals surface area (Å²) in [5, 5.41) is 3.80. The number of benzene rings is 2. The molecule has 4 rings (SSSR count). The van der Waals surface area contributed by atoms with Crippen molar-refractivity contribution in [3.05, 3.63) is 70.1 Å². The van der Waals surface area contributed by atoms with E-state index in [1.54, 1.807) is 17.6 Å². The van der Waals surface area contributed by atoms with Gasteiger partial charge in [0, 0.05) is 16.8 Å². The third-order valence-electron chi connectivity index (χ3n) is 5.37. The third kappa shape index (κ3) is 5.63. The SMILES string of the molecule is CCOc1cc(C=Nc2sc3c(c2C(=O)Nc2ccccc2)CCCC3)ccc1OC(C)C. The average Bonchev–Trinajstić information content (AvgIpc) is 3.18. The number of aryl methyl sites for hydroxylation is 1. The van der Waals surface area contributed by atoms with Crippen molar-refractivity contribution in [1.82, 2.24) is 0 Å². The summed E-state index contributed by atoms with van der Waals surface area (Å²) in [6, 6.07) is 15.4. The first-order valence-electron chi connectivity index (χ1n) is 11.5. The number of nitrogens with one attached hydrogen (secondary N) is 1. The first kappa shape index (κ1) is 23.1. The third-order valence-corrected chi connectivity index (χ3v) is 6.57. The minimum Gasteiger partial charge on any atom is -0.490 e. The predicted molar refractivity (Wildman–Crippen MR) is 136 cm³/mol. The van der Waals surface area contributed by atoms with E-state index in [1.165, 1.54) is 4.88 Å². The van der Waals surface area contributed by atoms with E-state index in [1.807, 2.05) is 69.3 Å². The molecule has 2 aromatic carbocycles. The van der Waals surface area contributed by atoms with Gasteiger partial charge in [-0.15, -0.1) is 11.3 Å². The van der Waals surface area contributed by atoms with Crippen LogP contribution in [0.5, 0.6) is 11.5 Å². The number of para-hydroxylation sites is 1. The molecule has 5 nitrogen and oxygen atoms in total. The minimum absolute atomic E-state index is 0.0619. The van der Waals surface area contributed by atoms with Crippen molar-refractivity contribution in [2.45, 2.75) is 52.6 Å². The van der Waals surface area contributed by atoms with Gasteiger partial charge in [0.2, 0.25) is 0 Å². The Balaban J connectivity index is 1.64. The summed E-state index contributed by atoms with van der Waals surface area (Å²) < 4.78 is 11.6. The number of hydrogen-bond donors (Lipinski definition) is 1. The summed E-state index contributed by atoms with van der Waals surface area (Å²) in [6.07, 6.45) is 6.06. The maximum atomic E-state index is 13.3. The zero-order valence-electron chi connectivity index (χ0n) is 19.4. The highest BCUT2D eigenvalue weighted by atomic mass is 32.1. The molecule has 0 saturated heterocycles. The highest BCUT2D eigenvalue weighted by Crippen LogP contribution is 2.40. The lowest BCUT2D eigenvalue weighted by molar-refractivity contribution is 0.102. The van der Waals surface area contributed by atoms with Crippen LogP contribution in [0.2, 0.25) is 0 Å². The van der Waals surface area contributed by atoms with Crippen molar-refractivity contribution >= 4 is 34.1 Å².